The lowest BCUT2D eigenvalue weighted by molar-refractivity contribution is 0.301. The molecule has 0 heterocycles. The number of rotatable bonds is 7. The molecule has 0 unspecified atom stereocenters. The third-order valence-electron chi connectivity index (χ3n) is 2.75. The van der Waals surface area contributed by atoms with Gasteiger partial charge in [0.05, 0.1) is 12.3 Å². The average Bonchev–Trinajstić information content (AvgIpc) is 2.34. The molecule has 4 N–H and O–H groups in total. The van der Waals surface area contributed by atoms with Gasteiger partial charge in [-0.05, 0) is 40.5 Å². The maximum absolute atomic E-state index is 9.12. The van der Waals surface area contributed by atoms with Gasteiger partial charge in [0, 0.05) is 23.1 Å². The van der Waals surface area contributed by atoms with E-state index in [9.17, 15) is 0 Å². The Morgan fingerprint density at radius 3 is 2.67 bits per heavy atom. The summed E-state index contributed by atoms with van der Waals surface area (Å²) in [5, 5.41) is 16.5. The molecule has 0 aromatic heterocycles. The van der Waals surface area contributed by atoms with Crippen molar-refractivity contribution in [2.75, 3.05) is 24.6 Å². The molecular formula is C13H20BrN3O. The summed E-state index contributed by atoms with van der Waals surface area (Å²) in [6, 6.07) is 5.61. The van der Waals surface area contributed by atoms with Crippen LogP contribution in [-0.2, 0) is 0 Å². The molecular weight excluding hydrogens is 294 g/mol. The molecule has 0 aliphatic rings. The Hall–Kier alpha value is -1.07. The van der Waals surface area contributed by atoms with E-state index in [-0.39, 0.29) is 12.4 Å². The molecule has 100 valence electrons. The van der Waals surface area contributed by atoms with Crippen LogP contribution in [0.4, 0.5) is 5.69 Å². The van der Waals surface area contributed by atoms with Crippen LogP contribution >= 0.6 is 15.9 Å². The van der Waals surface area contributed by atoms with Gasteiger partial charge < -0.3 is 15.7 Å². The lowest BCUT2D eigenvalue weighted by Crippen LogP contribution is -2.28. The monoisotopic (exact) mass is 313 g/mol. The molecule has 4 nitrogen and oxygen atoms in total. The maximum atomic E-state index is 9.12. The topological polar surface area (TPSA) is 73.3 Å². The molecule has 0 spiro atoms. The van der Waals surface area contributed by atoms with Crippen LogP contribution in [0.1, 0.15) is 25.3 Å². The lowest BCUT2D eigenvalue weighted by Gasteiger charge is -2.25. The van der Waals surface area contributed by atoms with Crippen molar-refractivity contribution in [3.8, 4) is 0 Å². The summed E-state index contributed by atoms with van der Waals surface area (Å²) >= 11 is 3.50. The van der Waals surface area contributed by atoms with Crippen molar-refractivity contribution in [3.63, 3.8) is 0 Å². The van der Waals surface area contributed by atoms with E-state index in [0.717, 1.165) is 29.5 Å². The summed E-state index contributed by atoms with van der Waals surface area (Å²) in [5.74, 6) is 0.0597. The van der Waals surface area contributed by atoms with E-state index in [1.807, 2.05) is 18.2 Å². The van der Waals surface area contributed by atoms with E-state index >= 15 is 0 Å². The molecule has 0 atom stereocenters. The minimum Gasteiger partial charge on any atom is -0.395 e. The summed E-state index contributed by atoms with van der Waals surface area (Å²) in [4.78, 5) is 2.14. The third kappa shape index (κ3) is 3.99. The molecule has 0 amide bonds. The number of nitrogens with two attached hydrogens (primary N) is 1. The molecule has 18 heavy (non-hydrogen) atoms. The predicted molar refractivity (Wildman–Crippen MR) is 79.4 cm³/mol. The molecule has 1 aromatic rings. The number of hydrogen-bond donors (Lipinski definition) is 3. The Bertz CT molecular complexity index is 409. The smallest absolute Gasteiger partial charge is 0.122 e. The summed E-state index contributed by atoms with van der Waals surface area (Å²) in [7, 11) is 0. The fraction of sp³-hybridized carbons (Fsp3) is 0.462. The zero-order chi connectivity index (χ0) is 13.5. The molecule has 1 rings (SSSR count). The van der Waals surface area contributed by atoms with Crippen molar-refractivity contribution in [1.82, 2.24) is 0 Å². The first kappa shape index (κ1) is 15.0. The SMILES string of the molecule is CCCCN(CCO)c1ccc(C(=N)N)cc1Br. The van der Waals surface area contributed by atoms with E-state index < -0.39 is 0 Å². The molecule has 0 fully saturated rings. The molecule has 0 bridgehead atoms. The lowest BCUT2D eigenvalue weighted by atomic mass is 10.1. The van der Waals surface area contributed by atoms with Crippen LogP contribution in [0.5, 0.6) is 0 Å². The number of hydrogen-bond acceptors (Lipinski definition) is 3. The van der Waals surface area contributed by atoms with Crippen LogP contribution < -0.4 is 10.6 Å². The van der Waals surface area contributed by atoms with Gasteiger partial charge in [-0.15, -0.1) is 0 Å². The van der Waals surface area contributed by atoms with Gasteiger partial charge in [0.15, 0.2) is 0 Å². The Balaban J connectivity index is 2.93. The number of nitrogens with zero attached hydrogens (tertiary/aromatic N) is 1. The fourth-order valence-corrected chi connectivity index (χ4v) is 2.38. The number of amidine groups is 1. The van der Waals surface area contributed by atoms with Gasteiger partial charge in [0.2, 0.25) is 0 Å². The molecule has 0 saturated carbocycles. The summed E-state index contributed by atoms with van der Waals surface area (Å²) in [5.41, 5.74) is 7.19. The van der Waals surface area contributed by atoms with Gasteiger partial charge in [-0.3, -0.25) is 5.41 Å². The number of nitrogen functional groups attached to an aromatic ring is 1. The molecule has 0 aliphatic heterocycles. The van der Waals surface area contributed by atoms with Gasteiger partial charge in [0.25, 0.3) is 0 Å². The van der Waals surface area contributed by atoms with Crippen LogP contribution in [0.3, 0.4) is 0 Å². The second-order valence-electron chi connectivity index (χ2n) is 4.14. The normalized spacial score (nSPS) is 10.4. The van der Waals surface area contributed by atoms with Crippen molar-refractivity contribution >= 4 is 27.5 Å². The maximum Gasteiger partial charge on any atom is 0.122 e. The number of anilines is 1. The van der Waals surface area contributed by atoms with Crippen molar-refractivity contribution in [1.29, 1.82) is 5.41 Å². The van der Waals surface area contributed by atoms with E-state index in [0.29, 0.717) is 12.1 Å². The second kappa shape index (κ2) is 7.38. The minimum atomic E-state index is 0.0597. The summed E-state index contributed by atoms with van der Waals surface area (Å²) in [6.45, 7) is 3.79. The number of aliphatic hydroxyl groups is 1. The van der Waals surface area contributed by atoms with Gasteiger partial charge >= 0.3 is 0 Å². The van der Waals surface area contributed by atoms with E-state index in [4.69, 9.17) is 16.2 Å². The van der Waals surface area contributed by atoms with Crippen LogP contribution in [-0.4, -0.2) is 30.6 Å². The Morgan fingerprint density at radius 1 is 1.44 bits per heavy atom. The highest BCUT2D eigenvalue weighted by atomic mass is 79.9. The highest BCUT2D eigenvalue weighted by Crippen LogP contribution is 2.27. The van der Waals surface area contributed by atoms with Crippen molar-refractivity contribution < 1.29 is 5.11 Å². The number of unbranched alkanes of at least 4 members (excludes halogenated alkanes) is 1. The quantitative estimate of drug-likeness (QED) is 0.534. The highest BCUT2D eigenvalue weighted by molar-refractivity contribution is 9.10. The van der Waals surface area contributed by atoms with Crippen LogP contribution in [0.15, 0.2) is 22.7 Å². The number of aliphatic hydroxyl groups excluding tert-OH is 1. The standard InChI is InChI=1S/C13H20BrN3O/c1-2-3-6-17(7-8-18)12-5-4-10(13(15)16)9-11(12)14/h4-5,9,18H,2-3,6-8H2,1H3,(H3,15,16). The number of nitrogens with one attached hydrogen (secondary N) is 1. The first-order chi connectivity index (χ1) is 8.60. The third-order valence-corrected chi connectivity index (χ3v) is 3.39. The van der Waals surface area contributed by atoms with Gasteiger partial charge in [0.1, 0.15) is 5.84 Å². The Kier molecular flexibility index (Phi) is 6.15. The molecule has 0 aliphatic carbocycles. The summed E-state index contributed by atoms with van der Waals surface area (Å²) < 4.78 is 0.903. The Labute approximate surface area is 116 Å². The van der Waals surface area contributed by atoms with E-state index in [2.05, 4.69) is 27.8 Å². The van der Waals surface area contributed by atoms with Crippen molar-refractivity contribution in [2.45, 2.75) is 19.8 Å². The molecule has 0 radical (unpaired) electrons. The first-order valence-corrected chi connectivity index (χ1v) is 6.89. The first-order valence-electron chi connectivity index (χ1n) is 6.10. The average molecular weight is 314 g/mol. The molecule has 0 saturated heterocycles. The van der Waals surface area contributed by atoms with Gasteiger partial charge in [-0.2, -0.15) is 0 Å². The van der Waals surface area contributed by atoms with E-state index in [1.54, 1.807) is 0 Å². The highest BCUT2D eigenvalue weighted by Gasteiger charge is 2.10. The number of benzene rings is 1. The largest absolute Gasteiger partial charge is 0.395 e. The summed E-state index contributed by atoms with van der Waals surface area (Å²) in [6.07, 6.45) is 2.20. The Morgan fingerprint density at radius 2 is 2.17 bits per heavy atom. The number of halogens is 1. The van der Waals surface area contributed by atoms with Crippen molar-refractivity contribution in [2.24, 2.45) is 5.73 Å². The van der Waals surface area contributed by atoms with Crippen LogP contribution in [0.2, 0.25) is 0 Å². The van der Waals surface area contributed by atoms with Crippen LogP contribution in [0.25, 0.3) is 0 Å². The molecule has 1 aromatic carbocycles. The van der Waals surface area contributed by atoms with E-state index in [1.165, 1.54) is 0 Å². The van der Waals surface area contributed by atoms with Crippen LogP contribution in [0, 0.1) is 5.41 Å². The fourth-order valence-electron chi connectivity index (χ4n) is 1.75. The zero-order valence-electron chi connectivity index (χ0n) is 10.6. The van der Waals surface area contributed by atoms with Crippen molar-refractivity contribution in [3.05, 3.63) is 28.2 Å². The second-order valence-corrected chi connectivity index (χ2v) is 5.00. The minimum absolute atomic E-state index is 0.0597. The zero-order valence-corrected chi connectivity index (χ0v) is 12.2. The van der Waals surface area contributed by atoms with Gasteiger partial charge in [-0.25, -0.2) is 0 Å². The predicted octanol–water partition coefficient (Wildman–Crippen LogP) is 2.33. The van der Waals surface area contributed by atoms with Gasteiger partial charge in [-0.1, -0.05) is 13.3 Å². The molecule has 5 heteroatoms.